The third-order valence-electron chi connectivity index (χ3n) is 3.12. The summed E-state index contributed by atoms with van der Waals surface area (Å²) < 4.78 is 11.2. The fraction of sp³-hybridized carbons (Fsp3) is 0.562. The summed E-state index contributed by atoms with van der Waals surface area (Å²) in [7, 11) is 0. The van der Waals surface area contributed by atoms with Crippen LogP contribution >= 0.6 is 0 Å². The molecule has 2 rings (SSSR count). The molecule has 0 aliphatic carbocycles. The molecular weight excluding hydrogens is 268 g/mol. The highest BCUT2D eigenvalue weighted by Gasteiger charge is 2.33. The molecule has 1 aromatic rings. The van der Waals surface area contributed by atoms with E-state index in [-0.39, 0.29) is 11.6 Å². The van der Waals surface area contributed by atoms with Crippen molar-refractivity contribution in [3.05, 3.63) is 29.8 Å². The van der Waals surface area contributed by atoms with Crippen molar-refractivity contribution in [2.75, 3.05) is 0 Å². The van der Waals surface area contributed by atoms with E-state index in [2.05, 4.69) is 10.9 Å². The lowest BCUT2D eigenvalue weighted by Crippen LogP contribution is -2.47. The zero-order valence-electron chi connectivity index (χ0n) is 13.3. The van der Waals surface area contributed by atoms with Crippen molar-refractivity contribution in [1.29, 1.82) is 0 Å². The highest BCUT2D eigenvalue weighted by atomic mass is 16.6. The molecule has 1 heterocycles. The van der Waals surface area contributed by atoms with E-state index >= 15 is 0 Å². The molecule has 21 heavy (non-hydrogen) atoms. The van der Waals surface area contributed by atoms with Crippen LogP contribution in [0.3, 0.4) is 0 Å². The molecular formula is C16H24N2O3. The lowest BCUT2D eigenvalue weighted by molar-refractivity contribution is 0.0406. The molecule has 0 fully saturated rings. The number of carbonyl (C=O) groups is 1. The number of hydrogen-bond acceptors (Lipinski definition) is 4. The third-order valence-corrected chi connectivity index (χ3v) is 3.12. The van der Waals surface area contributed by atoms with Crippen molar-refractivity contribution >= 4 is 6.09 Å². The Kier molecular flexibility index (Phi) is 4.14. The Morgan fingerprint density at radius 2 is 2.00 bits per heavy atom. The Morgan fingerprint density at radius 3 is 2.67 bits per heavy atom. The number of ether oxygens (including phenoxy) is 2. The lowest BCUT2D eigenvalue weighted by atomic mass is 9.90. The maximum absolute atomic E-state index is 11.7. The van der Waals surface area contributed by atoms with Gasteiger partial charge in [0, 0.05) is 12.0 Å². The molecule has 0 saturated carbocycles. The van der Waals surface area contributed by atoms with Crippen LogP contribution in [0.2, 0.25) is 0 Å². The predicted molar refractivity (Wildman–Crippen MR) is 81.0 cm³/mol. The standard InChI is InChI=1S/C16H24N2O3/c1-15(2,3)21-14(19)18-17-12-10-16(4,5)20-13-9-7-6-8-11(12)13/h6-9,12,17H,10H2,1-5H3,(H,18,19). The molecule has 1 aromatic carbocycles. The predicted octanol–water partition coefficient (Wildman–Crippen LogP) is 3.32. The molecule has 0 radical (unpaired) electrons. The van der Waals surface area contributed by atoms with E-state index < -0.39 is 11.7 Å². The molecule has 1 unspecified atom stereocenters. The third kappa shape index (κ3) is 4.36. The van der Waals surface area contributed by atoms with Gasteiger partial charge in [0.25, 0.3) is 0 Å². The fourth-order valence-electron chi connectivity index (χ4n) is 2.38. The van der Waals surface area contributed by atoms with Gasteiger partial charge in [-0.05, 0) is 40.7 Å². The summed E-state index contributed by atoms with van der Waals surface area (Å²) in [5.41, 5.74) is 5.90. The minimum Gasteiger partial charge on any atom is -0.487 e. The minimum absolute atomic E-state index is 0.0162. The summed E-state index contributed by atoms with van der Waals surface area (Å²) in [6.07, 6.45) is 0.268. The van der Waals surface area contributed by atoms with Crippen molar-refractivity contribution < 1.29 is 14.3 Å². The smallest absolute Gasteiger partial charge is 0.422 e. The highest BCUT2D eigenvalue weighted by Crippen LogP contribution is 2.38. The van der Waals surface area contributed by atoms with Crippen LogP contribution in [0.4, 0.5) is 4.79 Å². The van der Waals surface area contributed by atoms with E-state index in [0.29, 0.717) is 0 Å². The lowest BCUT2D eigenvalue weighted by Gasteiger charge is -2.37. The van der Waals surface area contributed by atoms with Crippen molar-refractivity contribution in [2.45, 2.75) is 58.3 Å². The van der Waals surface area contributed by atoms with Crippen molar-refractivity contribution in [3.8, 4) is 5.75 Å². The van der Waals surface area contributed by atoms with Gasteiger partial charge in [-0.3, -0.25) is 5.43 Å². The summed E-state index contributed by atoms with van der Waals surface area (Å²) in [6.45, 7) is 9.56. The summed E-state index contributed by atoms with van der Waals surface area (Å²) in [6, 6.07) is 7.83. The van der Waals surface area contributed by atoms with Gasteiger partial charge in [-0.2, -0.15) is 0 Å². The molecule has 1 aliphatic heterocycles. The molecule has 0 bridgehead atoms. The first-order chi connectivity index (χ1) is 9.66. The Labute approximate surface area is 126 Å². The highest BCUT2D eigenvalue weighted by molar-refractivity contribution is 5.67. The number of hydrogen-bond donors (Lipinski definition) is 2. The number of carbonyl (C=O) groups excluding carboxylic acids is 1. The second-order valence-corrected chi connectivity index (χ2v) is 6.93. The zero-order chi connectivity index (χ0) is 15.7. The van der Waals surface area contributed by atoms with Crippen LogP contribution in [0.25, 0.3) is 0 Å². The average Bonchev–Trinajstić information content (AvgIpc) is 2.32. The van der Waals surface area contributed by atoms with Gasteiger partial charge in [0.05, 0.1) is 6.04 Å². The second-order valence-electron chi connectivity index (χ2n) is 6.93. The molecule has 1 amide bonds. The SMILES string of the molecule is CC(C)(C)OC(=O)NNC1CC(C)(C)Oc2ccccc21. The topological polar surface area (TPSA) is 59.6 Å². The second kappa shape index (κ2) is 5.56. The first kappa shape index (κ1) is 15.6. The summed E-state index contributed by atoms with van der Waals surface area (Å²) in [4.78, 5) is 11.7. The van der Waals surface area contributed by atoms with Crippen LogP contribution in [0.5, 0.6) is 5.75 Å². The van der Waals surface area contributed by atoms with Crippen molar-refractivity contribution in [2.24, 2.45) is 0 Å². The molecule has 0 saturated heterocycles. The molecule has 5 nitrogen and oxygen atoms in total. The van der Waals surface area contributed by atoms with Gasteiger partial charge >= 0.3 is 6.09 Å². The van der Waals surface area contributed by atoms with Gasteiger partial charge in [-0.15, -0.1) is 0 Å². The van der Waals surface area contributed by atoms with Crippen LogP contribution in [0.15, 0.2) is 24.3 Å². The van der Waals surface area contributed by atoms with E-state index in [9.17, 15) is 4.79 Å². The van der Waals surface area contributed by atoms with Gasteiger partial charge < -0.3 is 9.47 Å². The van der Waals surface area contributed by atoms with Crippen molar-refractivity contribution in [3.63, 3.8) is 0 Å². The van der Waals surface area contributed by atoms with Gasteiger partial charge in [0.1, 0.15) is 17.0 Å². The molecule has 2 N–H and O–H groups in total. The number of fused-ring (bicyclic) bond motifs is 1. The summed E-state index contributed by atoms with van der Waals surface area (Å²) >= 11 is 0. The summed E-state index contributed by atoms with van der Waals surface area (Å²) in [5, 5.41) is 0. The Morgan fingerprint density at radius 1 is 1.33 bits per heavy atom. The molecule has 5 heteroatoms. The van der Waals surface area contributed by atoms with Crippen LogP contribution in [-0.4, -0.2) is 17.3 Å². The van der Waals surface area contributed by atoms with Crippen LogP contribution < -0.4 is 15.6 Å². The van der Waals surface area contributed by atoms with E-state index in [1.807, 2.05) is 58.9 Å². The fourth-order valence-corrected chi connectivity index (χ4v) is 2.38. The van der Waals surface area contributed by atoms with E-state index in [1.54, 1.807) is 0 Å². The summed E-state index contributed by atoms with van der Waals surface area (Å²) in [5.74, 6) is 0.845. The number of para-hydroxylation sites is 1. The van der Waals surface area contributed by atoms with Gasteiger partial charge in [0.15, 0.2) is 0 Å². The Bertz CT molecular complexity index is 520. The monoisotopic (exact) mass is 292 g/mol. The maximum atomic E-state index is 11.7. The van der Waals surface area contributed by atoms with Crippen LogP contribution in [0.1, 0.15) is 52.6 Å². The van der Waals surface area contributed by atoms with Crippen molar-refractivity contribution in [1.82, 2.24) is 10.9 Å². The van der Waals surface area contributed by atoms with Gasteiger partial charge in [-0.25, -0.2) is 10.2 Å². The molecule has 0 aromatic heterocycles. The first-order valence-corrected chi connectivity index (χ1v) is 7.19. The van der Waals surface area contributed by atoms with Crippen LogP contribution in [-0.2, 0) is 4.74 Å². The Balaban J connectivity index is 2.05. The maximum Gasteiger partial charge on any atom is 0.422 e. The first-order valence-electron chi connectivity index (χ1n) is 7.19. The van der Waals surface area contributed by atoms with Crippen LogP contribution in [0, 0.1) is 0 Å². The number of benzene rings is 1. The Hall–Kier alpha value is -1.75. The molecule has 0 spiro atoms. The zero-order valence-corrected chi connectivity index (χ0v) is 13.3. The number of hydrazine groups is 1. The van der Waals surface area contributed by atoms with E-state index in [0.717, 1.165) is 17.7 Å². The number of rotatable bonds is 2. The van der Waals surface area contributed by atoms with Gasteiger partial charge in [0.2, 0.25) is 0 Å². The normalized spacial score (nSPS) is 20.1. The van der Waals surface area contributed by atoms with E-state index in [1.165, 1.54) is 0 Å². The molecule has 116 valence electrons. The minimum atomic E-state index is -0.515. The average molecular weight is 292 g/mol. The number of amides is 1. The molecule has 1 atom stereocenters. The molecule has 1 aliphatic rings. The quantitative estimate of drug-likeness (QED) is 0.821. The number of nitrogens with one attached hydrogen (secondary N) is 2. The van der Waals surface area contributed by atoms with Gasteiger partial charge in [-0.1, -0.05) is 18.2 Å². The largest absolute Gasteiger partial charge is 0.487 e. The van der Waals surface area contributed by atoms with E-state index in [4.69, 9.17) is 9.47 Å².